The van der Waals surface area contributed by atoms with Gasteiger partial charge in [-0.15, -0.1) is 0 Å². The van der Waals surface area contributed by atoms with Gasteiger partial charge in [-0.1, -0.05) is 17.7 Å². The number of methoxy groups -OCH3 is 2. The topological polar surface area (TPSA) is 30.5 Å². The molecule has 1 aromatic carbocycles. The molecule has 0 saturated heterocycles. The molecule has 1 aromatic rings. The van der Waals surface area contributed by atoms with E-state index in [1.807, 2.05) is 24.9 Å². The number of thioether (sulfide) groups is 1. The third-order valence-electron chi connectivity index (χ3n) is 3.03. The zero-order chi connectivity index (χ0) is 14.1. The van der Waals surface area contributed by atoms with Crippen molar-refractivity contribution in [1.82, 2.24) is 5.32 Å². The fourth-order valence-corrected chi connectivity index (χ4v) is 3.03. The first-order valence-electron chi connectivity index (χ1n) is 6.61. The molecule has 0 aliphatic carbocycles. The second-order valence-electron chi connectivity index (χ2n) is 4.51. The minimum atomic E-state index is 0.322. The van der Waals surface area contributed by atoms with Crippen molar-refractivity contribution < 1.29 is 9.47 Å². The van der Waals surface area contributed by atoms with E-state index >= 15 is 0 Å². The largest absolute Gasteiger partial charge is 0.496 e. The molecule has 0 aromatic heterocycles. The molecule has 108 valence electrons. The van der Waals surface area contributed by atoms with E-state index in [1.165, 1.54) is 11.1 Å². The van der Waals surface area contributed by atoms with Crippen molar-refractivity contribution in [3.63, 3.8) is 0 Å². The SMILES string of the molecule is CNC(CSCCCOC)c1cc(C)ccc1OC. The zero-order valence-electron chi connectivity index (χ0n) is 12.4. The molecule has 4 heteroatoms. The van der Waals surface area contributed by atoms with E-state index in [-0.39, 0.29) is 0 Å². The molecule has 0 aliphatic heterocycles. The standard InChI is InChI=1S/C15H25NO2S/c1-12-6-7-15(18-4)13(10-12)14(16-2)11-19-9-5-8-17-3/h6-7,10,14,16H,5,8-9,11H2,1-4H3. The highest BCUT2D eigenvalue weighted by atomic mass is 32.2. The lowest BCUT2D eigenvalue weighted by atomic mass is 10.0. The zero-order valence-corrected chi connectivity index (χ0v) is 13.2. The Bertz CT molecular complexity index is 371. The monoisotopic (exact) mass is 283 g/mol. The van der Waals surface area contributed by atoms with Gasteiger partial charge in [-0.3, -0.25) is 0 Å². The Morgan fingerprint density at radius 3 is 2.74 bits per heavy atom. The van der Waals surface area contributed by atoms with E-state index < -0.39 is 0 Å². The average Bonchev–Trinajstić information content (AvgIpc) is 2.43. The van der Waals surface area contributed by atoms with Gasteiger partial charge in [0.1, 0.15) is 5.75 Å². The van der Waals surface area contributed by atoms with E-state index in [1.54, 1.807) is 14.2 Å². The minimum Gasteiger partial charge on any atom is -0.496 e. The Morgan fingerprint density at radius 1 is 1.32 bits per heavy atom. The normalized spacial score (nSPS) is 12.4. The predicted octanol–water partition coefficient (Wildman–Crippen LogP) is 3.03. The molecule has 0 bridgehead atoms. The maximum atomic E-state index is 5.46. The quantitative estimate of drug-likeness (QED) is 0.706. The molecule has 19 heavy (non-hydrogen) atoms. The van der Waals surface area contributed by atoms with Crippen molar-refractivity contribution in [1.29, 1.82) is 0 Å². The molecule has 0 heterocycles. The molecule has 0 fully saturated rings. The first-order valence-corrected chi connectivity index (χ1v) is 7.76. The molecule has 0 amide bonds. The molecular weight excluding hydrogens is 258 g/mol. The van der Waals surface area contributed by atoms with Gasteiger partial charge in [-0.2, -0.15) is 11.8 Å². The summed E-state index contributed by atoms with van der Waals surface area (Å²) >= 11 is 1.95. The molecule has 1 unspecified atom stereocenters. The minimum absolute atomic E-state index is 0.322. The highest BCUT2D eigenvalue weighted by Crippen LogP contribution is 2.28. The smallest absolute Gasteiger partial charge is 0.123 e. The Hall–Kier alpha value is -0.710. The van der Waals surface area contributed by atoms with E-state index in [4.69, 9.17) is 9.47 Å². The van der Waals surface area contributed by atoms with Crippen LogP contribution in [-0.4, -0.2) is 39.4 Å². The predicted molar refractivity (Wildman–Crippen MR) is 83.3 cm³/mol. The number of ether oxygens (including phenoxy) is 2. The summed E-state index contributed by atoms with van der Waals surface area (Å²) in [7, 11) is 5.48. The van der Waals surface area contributed by atoms with Crippen LogP contribution in [-0.2, 0) is 4.74 Å². The summed E-state index contributed by atoms with van der Waals surface area (Å²) in [6.45, 7) is 2.95. The van der Waals surface area contributed by atoms with Gasteiger partial charge in [0.05, 0.1) is 7.11 Å². The van der Waals surface area contributed by atoms with Crippen molar-refractivity contribution >= 4 is 11.8 Å². The van der Waals surface area contributed by atoms with Gasteiger partial charge in [0.2, 0.25) is 0 Å². The van der Waals surface area contributed by atoms with Crippen LogP contribution in [0.15, 0.2) is 18.2 Å². The lowest BCUT2D eigenvalue weighted by Crippen LogP contribution is -2.20. The van der Waals surface area contributed by atoms with Crippen LogP contribution in [0.2, 0.25) is 0 Å². The van der Waals surface area contributed by atoms with Crippen LogP contribution in [0.4, 0.5) is 0 Å². The van der Waals surface area contributed by atoms with Gasteiger partial charge in [0.15, 0.2) is 0 Å². The van der Waals surface area contributed by atoms with Gasteiger partial charge < -0.3 is 14.8 Å². The Labute approximate surface area is 121 Å². The third kappa shape index (κ3) is 5.43. The summed E-state index contributed by atoms with van der Waals surface area (Å²) in [4.78, 5) is 0. The van der Waals surface area contributed by atoms with Crippen LogP contribution < -0.4 is 10.1 Å². The van der Waals surface area contributed by atoms with E-state index in [0.717, 1.165) is 30.3 Å². The molecule has 3 nitrogen and oxygen atoms in total. The number of nitrogens with one attached hydrogen (secondary N) is 1. The Kier molecular flexibility index (Phi) is 7.94. The fourth-order valence-electron chi connectivity index (χ4n) is 1.96. The molecule has 0 saturated carbocycles. The van der Waals surface area contributed by atoms with Crippen LogP contribution in [0.25, 0.3) is 0 Å². The van der Waals surface area contributed by atoms with Crippen LogP contribution >= 0.6 is 11.8 Å². The summed E-state index contributed by atoms with van der Waals surface area (Å²) in [5.74, 6) is 3.13. The second-order valence-corrected chi connectivity index (χ2v) is 5.66. The maximum absolute atomic E-state index is 5.46. The Morgan fingerprint density at radius 2 is 2.11 bits per heavy atom. The number of benzene rings is 1. The van der Waals surface area contributed by atoms with Crippen molar-refractivity contribution in [3.8, 4) is 5.75 Å². The van der Waals surface area contributed by atoms with Crippen LogP contribution in [0.5, 0.6) is 5.75 Å². The van der Waals surface area contributed by atoms with Gasteiger partial charge in [0, 0.05) is 31.1 Å². The van der Waals surface area contributed by atoms with E-state index in [2.05, 4.69) is 24.4 Å². The van der Waals surface area contributed by atoms with E-state index in [0.29, 0.717) is 6.04 Å². The lowest BCUT2D eigenvalue weighted by Gasteiger charge is -2.19. The molecule has 1 rings (SSSR count). The second kappa shape index (κ2) is 9.23. The van der Waals surface area contributed by atoms with E-state index in [9.17, 15) is 0 Å². The van der Waals surface area contributed by atoms with Crippen molar-refractivity contribution in [2.24, 2.45) is 0 Å². The molecule has 1 N–H and O–H groups in total. The highest BCUT2D eigenvalue weighted by molar-refractivity contribution is 7.99. The summed E-state index contributed by atoms with van der Waals surface area (Å²) < 4.78 is 10.5. The van der Waals surface area contributed by atoms with Crippen molar-refractivity contribution in [2.45, 2.75) is 19.4 Å². The van der Waals surface area contributed by atoms with Gasteiger partial charge in [-0.25, -0.2) is 0 Å². The maximum Gasteiger partial charge on any atom is 0.123 e. The lowest BCUT2D eigenvalue weighted by molar-refractivity contribution is 0.200. The highest BCUT2D eigenvalue weighted by Gasteiger charge is 2.14. The molecule has 0 spiro atoms. The summed E-state index contributed by atoms with van der Waals surface area (Å²) in [5, 5.41) is 3.38. The first-order chi connectivity index (χ1) is 9.22. The molecule has 0 radical (unpaired) electrons. The first kappa shape index (κ1) is 16.3. The summed E-state index contributed by atoms with van der Waals surface area (Å²) in [6.07, 6.45) is 1.10. The number of hydrogen-bond acceptors (Lipinski definition) is 4. The van der Waals surface area contributed by atoms with Crippen LogP contribution in [0.1, 0.15) is 23.6 Å². The molecule has 1 atom stereocenters. The van der Waals surface area contributed by atoms with Gasteiger partial charge in [0.25, 0.3) is 0 Å². The number of aryl methyl sites for hydroxylation is 1. The molecule has 0 aliphatic rings. The summed E-state index contributed by atoms with van der Waals surface area (Å²) in [6, 6.07) is 6.66. The van der Waals surface area contributed by atoms with Gasteiger partial charge in [-0.05, 0) is 32.2 Å². The van der Waals surface area contributed by atoms with Gasteiger partial charge >= 0.3 is 0 Å². The average molecular weight is 283 g/mol. The van der Waals surface area contributed by atoms with Crippen LogP contribution in [0, 0.1) is 6.92 Å². The third-order valence-corrected chi connectivity index (χ3v) is 4.18. The Balaban J connectivity index is 2.60. The van der Waals surface area contributed by atoms with Crippen molar-refractivity contribution in [2.75, 3.05) is 39.4 Å². The summed E-state index contributed by atoms with van der Waals surface area (Å²) in [5.41, 5.74) is 2.50. The fraction of sp³-hybridized carbons (Fsp3) is 0.600. The van der Waals surface area contributed by atoms with Crippen molar-refractivity contribution in [3.05, 3.63) is 29.3 Å². The van der Waals surface area contributed by atoms with Crippen LogP contribution in [0.3, 0.4) is 0 Å². The number of hydrogen-bond donors (Lipinski definition) is 1. The molecular formula is C15H25NO2S. The number of rotatable bonds is 9.